The summed E-state index contributed by atoms with van der Waals surface area (Å²) in [5, 5.41) is 2.95. The monoisotopic (exact) mass is 305 g/mol. The molecule has 1 fully saturated rings. The summed E-state index contributed by atoms with van der Waals surface area (Å²) >= 11 is 0. The minimum Gasteiger partial charge on any atom is -0.469 e. The van der Waals surface area contributed by atoms with Crippen LogP contribution in [0, 0.1) is 0 Å². The molecule has 20 heavy (non-hydrogen) atoms. The van der Waals surface area contributed by atoms with Gasteiger partial charge in [0.05, 0.1) is 24.5 Å². The van der Waals surface area contributed by atoms with E-state index in [-0.39, 0.29) is 23.5 Å². The molecule has 0 aromatic rings. The molecule has 0 amide bonds. The van der Waals surface area contributed by atoms with Crippen molar-refractivity contribution in [2.75, 3.05) is 19.4 Å². The van der Waals surface area contributed by atoms with E-state index in [0.29, 0.717) is 6.42 Å². The van der Waals surface area contributed by atoms with Crippen LogP contribution in [-0.4, -0.2) is 45.1 Å². The van der Waals surface area contributed by atoms with E-state index in [1.165, 1.54) is 13.5 Å². The molecule has 6 heteroatoms. The Labute approximate surface area is 122 Å². The molecular weight excluding hydrogens is 278 g/mol. The fourth-order valence-electron chi connectivity index (χ4n) is 2.85. The van der Waals surface area contributed by atoms with Crippen molar-refractivity contribution in [3.63, 3.8) is 0 Å². The highest BCUT2D eigenvalue weighted by Crippen LogP contribution is 2.24. The first-order chi connectivity index (χ1) is 9.51. The molecule has 0 aromatic heterocycles. The van der Waals surface area contributed by atoms with Gasteiger partial charge in [0.15, 0.2) is 9.84 Å². The number of sulfone groups is 1. The molecule has 1 saturated carbocycles. The van der Waals surface area contributed by atoms with Crippen molar-refractivity contribution in [2.24, 2.45) is 0 Å². The van der Waals surface area contributed by atoms with Gasteiger partial charge in [0.2, 0.25) is 0 Å². The second-order valence-corrected chi connectivity index (χ2v) is 7.73. The Morgan fingerprint density at radius 2 is 1.85 bits per heavy atom. The smallest absolute Gasteiger partial charge is 0.306 e. The van der Waals surface area contributed by atoms with Crippen molar-refractivity contribution in [1.82, 2.24) is 5.32 Å². The normalized spacial score (nSPS) is 24.7. The van der Waals surface area contributed by atoms with E-state index in [2.05, 4.69) is 10.1 Å². The Bertz CT molecular complexity index is 394. The van der Waals surface area contributed by atoms with Gasteiger partial charge < -0.3 is 10.1 Å². The Morgan fingerprint density at radius 1 is 1.20 bits per heavy atom. The maximum atomic E-state index is 12.5. The zero-order valence-electron chi connectivity index (χ0n) is 12.6. The molecule has 0 bridgehead atoms. The molecule has 0 aromatic carbocycles. The van der Waals surface area contributed by atoms with Crippen molar-refractivity contribution >= 4 is 15.8 Å². The molecule has 0 saturated heterocycles. The predicted molar refractivity (Wildman–Crippen MR) is 79.4 cm³/mol. The van der Waals surface area contributed by atoms with E-state index in [0.717, 1.165) is 32.2 Å². The third kappa shape index (κ3) is 5.40. The molecular formula is C14H27NO4S. The number of methoxy groups -OCH3 is 1. The van der Waals surface area contributed by atoms with Crippen molar-refractivity contribution in [3.8, 4) is 0 Å². The highest BCUT2D eigenvalue weighted by Gasteiger charge is 2.33. The second-order valence-electron chi connectivity index (χ2n) is 5.39. The van der Waals surface area contributed by atoms with Gasteiger partial charge in [-0.1, -0.05) is 32.6 Å². The lowest BCUT2D eigenvalue weighted by Crippen LogP contribution is -2.45. The first-order valence-corrected chi connectivity index (χ1v) is 9.24. The molecule has 0 radical (unpaired) electrons. The third-order valence-corrected chi connectivity index (χ3v) is 6.21. The zero-order valence-corrected chi connectivity index (χ0v) is 13.4. The van der Waals surface area contributed by atoms with Gasteiger partial charge in [0.25, 0.3) is 0 Å². The third-order valence-electron chi connectivity index (χ3n) is 3.95. The zero-order chi connectivity index (χ0) is 15.0. The lowest BCUT2D eigenvalue weighted by atomic mass is 9.96. The predicted octanol–water partition coefficient (Wildman–Crippen LogP) is 1.67. The molecule has 1 N–H and O–H groups in total. The first kappa shape index (κ1) is 17.4. The highest BCUT2D eigenvalue weighted by molar-refractivity contribution is 7.92. The number of hydrogen-bond acceptors (Lipinski definition) is 5. The average molecular weight is 305 g/mol. The quantitative estimate of drug-likeness (QED) is 0.756. The van der Waals surface area contributed by atoms with Crippen LogP contribution in [-0.2, 0) is 19.4 Å². The minimum atomic E-state index is -3.26. The Kier molecular flexibility index (Phi) is 7.51. The molecule has 5 nitrogen and oxygen atoms in total. The minimum absolute atomic E-state index is 0.0166. The summed E-state index contributed by atoms with van der Waals surface area (Å²) in [5.74, 6) is -0.564. The maximum absolute atomic E-state index is 12.5. The van der Waals surface area contributed by atoms with Crippen molar-refractivity contribution in [1.29, 1.82) is 0 Å². The second kappa shape index (κ2) is 8.62. The van der Waals surface area contributed by atoms with Crippen LogP contribution >= 0.6 is 0 Å². The van der Waals surface area contributed by atoms with Crippen molar-refractivity contribution < 1.29 is 17.9 Å². The van der Waals surface area contributed by atoms with E-state index in [1.807, 2.05) is 6.92 Å². The molecule has 1 rings (SSSR count). The average Bonchev–Trinajstić information content (AvgIpc) is 2.39. The van der Waals surface area contributed by atoms with Gasteiger partial charge in [0, 0.05) is 6.04 Å². The van der Waals surface area contributed by atoms with Crippen molar-refractivity contribution in [2.45, 2.75) is 63.2 Å². The molecule has 118 valence electrons. The van der Waals surface area contributed by atoms with Crippen LogP contribution in [0.25, 0.3) is 0 Å². The van der Waals surface area contributed by atoms with Gasteiger partial charge in [0.1, 0.15) is 0 Å². The van der Waals surface area contributed by atoms with Gasteiger partial charge in [-0.3, -0.25) is 4.79 Å². The summed E-state index contributed by atoms with van der Waals surface area (Å²) in [7, 11) is -1.98. The van der Waals surface area contributed by atoms with Gasteiger partial charge >= 0.3 is 5.97 Å². The van der Waals surface area contributed by atoms with Gasteiger partial charge in [-0.05, 0) is 19.4 Å². The van der Waals surface area contributed by atoms with Gasteiger partial charge in [-0.2, -0.15) is 0 Å². The van der Waals surface area contributed by atoms with Crippen LogP contribution in [0.3, 0.4) is 0 Å². The summed E-state index contributed by atoms with van der Waals surface area (Å²) in [4.78, 5) is 11.2. The number of hydrogen-bond donors (Lipinski definition) is 1. The number of nitrogens with one attached hydrogen (secondary N) is 1. The molecule has 1 aliphatic carbocycles. The number of carbonyl (C=O) groups is 1. The lowest BCUT2D eigenvalue weighted by Gasteiger charge is -2.29. The highest BCUT2D eigenvalue weighted by atomic mass is 32.2. The number of rotatable bonds is 6. The van der Waals surface area contributed by atoms with Gasteiger partial charge in [-0.25, -0.2) is 8.42 Å². The van der Waals surface area contributed by atoms with Crippen LogP contribution in [0.15, 0.2) is 0 Å². The summed E-state index contributed by atoms with van der Waals surface area (Å²) in [6.45, 7) is 2.77. The molecule has 0 aliphatic heterocycles. The van der Waals surface area contributed by atoms with Crippen LogP contribution in [0.5, 0.6) is 0 Å². The fraction of sp³-hybridized carbons (Fsp3) is 0.929. The van der Waals surface area contributed by atoms with E-state index < -0.39 is 15.8 Å². The van der Waals surface area contributed by atoms with Crippen LogP contribution < -0.4 is 5.32 Å². The standard InChI is InChI=1S/C14H27NO4S/c1-3-15-12-8-6-4-5-7-9-13(12)20(17,18)11-10-14(16)19-2/h12-13,15H,3-11H2,1-2H3. The van der Waals surface area contributed by atoms with E-state index >= 15 is 0 Å². The molecule has 2 atom stereocenters. The molecule has 0 spiro atoms. The summed E-state index contributed by atoms with van der Waals surface area (Å²) in [6, 6.07) is 0.0166. The van der Waals surface area contributed by atoms with E-state index in [9.17, 15) is 13.2 Å². The largest absolute Gasteiger partial charge is 0.469 e. The van der Waals surface area contributed by atoms with Crippen LogP contribution in [0.1, 0.15) is 51.9 Å². The topological polar surface area (TPSA) is 72.5 Å². The maximum Gasteiger partial charge on any atom is 0.306 e. The Balaban J connectivity index is 2.75. The Morgan fingerprint density at radius 3 is 2.45 bits per heavy atom. The van der Waals surface area contributed by atoms with Gasteiger partial charge in [-0.15, -0.1) is 0 Å². The molecule has 1 aliphatic rings. The summed E-state index contributed by atoms with van der Waals surface area (Å²) in [6.07, 6.45) is 5.84. The molecule has 0 heterocycles. The van der Waals surface area contributed by atoms with E-state index in [1.54, 1.807) is 0 Å². The lowest BCUT2D eigenvalue weighted by molar-refractivity contribution is -0.140. The first-order valence-electron chi connectivity index (χ1n) is 7.53. The van der Waals surface area contributed by atoms with Crippen LogP contribution in [0.4, 0.5) is 0 Å². The number of esters is 1. The van der Waals surface area contributed by atoms with Crippen molar-refractivity contribution in [3.05, 3.63) is 0 Å². The summed E-state index contributed by atoms with van der Waals surface area (Å²) in [5.41, 5.74) is 0. The van der Waals surface area contributed by atoms with E-state index in [4.69, 9.17) is 0 Å². The SMILES string of the molecule is CCNC1CCCCCCC1S(=O)(=O)CCC(=O)OC. The number of ether oxygens (including phenoxy) is 1. The summed E-state index contributed by atoms with van der Waals surface area (Å²) < 4.78 is 29.5. The Hall–Kier alpha value is -0.620. The fourth-order valence-corrected chi connectivity index (χ4v) is 4.87. The number of carbonyl (C=O) groups excluding carboxylic acids is 1. The van der Waals surface area contributed by atoms with Crippen LogP contribution in [0.2, 0.25) is 0 Å². The molecule has 2 unspecified atom stereocenters.